The summed E-state index contributed by atoms with van der Waals surface area (Å²) in [5.41, 5.74) is 6.23. The average Bonchev–Trinajstić information content (AvgIpc) is 2.18. The van der Waals surface area contributed by atoms with E-state index in [1.807, 2.05) is 20.2 Å². The monoisotopic (exact) mass is 274 g/mol. The minimum absolute atomic E-state index is 0.215. The quantitative estimate of drug-likeness (QED) is 0.648. The number of nitrogens with zero attached hydrogens (tertiary/aromatic N) is 1. The van der Waals surface area contributed by atoms with Crippen molar-refractivity contribution in [2.45, 2.75) is 9.79 Å². The molecule has 0 spiro atoms. The van der Waals surface area contributed by atoms with Crippen LogP contribution in [0.2, 0.25) is 0 Å². The van der Waals surface area contributed by atoms with Gasteiger partial charge in [-0.15, -0.1) is 11.8 Å². The van der Waals surface area contributed by atoms with Crippen LogP contribution in [0.4, 0.5) is 5.69 Å². The Labute approximate surface area is 107 Å². The average molecular weight is 274 g/mol. The Morgan fingerprint density at radius 1 is 1.35 bits per heavy atom. The summed E-state index contributed by atoms with van der Waals surface area (Å²) in [6, 6.07) is 5.12. The molecule has 0 saturated heterocycles. The summed E-state index contributed by atoms with van der Waals surface area (Å²) in [6.45, 7) is 0.924. The lowest BCUT2D eigenvalue weighted by molar-refractivity contribution is 0.437. The molecule has 1 aromatic carbocycles. The predicted octanol–water partition coefficient (Wildman–Crippen LogP) is 1.33. The Morgan fingerprint density at radius 2 is 2.00 bits per heavy atom. The Hall–Kier alpha value is -0.720. The molecule has 1 rings (SSSR count). The summed E-state index contributed by atoms with van der Waals surface area (Å²) in [6.07, 6.45) is 1.17. The van der Waals surface area contributed by atoms with Gasteiger partial charge < -0.3 is 10.6 Å². The van der Waals surface area contributed by atoms with E-state index in [2.05, 4.69) is 4.90 Å². The largest absolute Gasteiger partial charge is 0.397 e. The summed E-state index contributed by atoms with van der Waals surface area (Å²) < 4.78 is 23.0. The molecule has 0 amide bonds. The second-order valence-corrected chi connectivity index (χ2v) is 7.21. The Bertz CT molecular complexity index is 484. The molecule has 0 aliphatic rings. The van der Waals surface area contributed by atoms with Crippen molar-refractivity contribution >= 4 is 27.3 Å². The van der Waals surface area contributed by atoms with Crippen molar-refractivity contribution < 1.29 is 8.42 Å². The van der Waals surface area contributed by atoms with Gasteiger partial charge in [0.2, 0.25) is 0 Å². The Morgan fingerprint density at radius 3 is 2.53 bits per heavy atom. The summed E-state index contributed by atoms with van der Waals surface area (Å²) >= 11 is 1.57. The van der Waals surface area contributed by atoms with Crippen molar-refractivity contribution in [3.05, 3.63) is 18.2 Å². The minimum Gasteiger partial charge on any atom is -0.397 e. The SMILES string of the molecule is CN(C)CCSc1cccc(S(C)(=O)=O)c1N. The topological polar surface area (TPSA) is 63.4 Å². The van der Waals surface area contributed by atoms with Crippen LogP contribution in [-0.2, 0) is 9.84 Å². The Kier molecular flexibility index (Phi) is 4.85. The number of nitrogens with two attached hydrogens (primary N) is 1. The summed E-state index contributed by atoms with van der Waals surface area (Å²) in [4.78, 5) is 3.12. The number of benzene rings is 1. The van der Waals surface area contributed by atoms with Gasteiger partial charge in [-0.05, 0) is 26.2 Å². The molecule has 0 saturated carbocycles. The molecule has 0 atom stereocenters. The van der Waals surface area contributed by atoms with Crippen LogP contribution in [0.1, 0.15) is 0 Å². The lowest BCUT2D eigenvalue weighted by Crippen LogP contribution is -2.14. The van der Waals surface area contributed by atoms with E-state index in [4.69, 9.17) is 5.73 Å². The molecule has 4 nitrogen and oxygen atoms in total. The maximum atomic E-state index is 11.5. The van der Waals surface area contributed by atoms with Crippen LogP contribution in [0.15, 0.2) is 28.0 Å². The third kappa shape index (κ3) is 4.22. The number of para-hydroxylation sites is 1. The van der Waals surface area contributed by atoms with Crippen LogP contribution in [0.5, 0.6) is 0 Å². The molecule has 2 N–H and O–H groups in total. The van der Waals surface area contributed by atoms with Crippen LogP contribution >= 0.6 is 11.8 Å². The molecule has 1 aromatic rings. The standard InChI is InChI=1S/C11H18N2O2S2/c1-13(2)7-8-16-9-5-4-6-10(11(9)12)17(3,14)15/h4-6H,7-8,12H2,1-3H3. The van der Waals surface area contributed by atoms with E-state index in [-0.39, 0.29) is 4.90 Å². The predicted molar refractivity (Wildman–Crippen MR) is 73.2 cm³/mol. The number of anilines is 1. The zero-order valence-corrected chi connectivity index (χ0v) is 11.9. The fourth-order valence-corrected chi connectivity index (χ4v) is 3.33. The van der Waals surface area contributed by atoms with Crippen LogP contribution in [0.3, 0.4) is 0 Å². The van der Waals surface area contributed by atoms with Crippen LogP contribution in [-0.4, -0.2) is 46.0 Å². The molecular formula is C11H18N2O2S2. The molecule has 17 heavy (non-hydrogen) atoms. The van der Waals surface area contributed by atoms with E-state index < -0.39 is 9.84 Å². The molecule has 96 valence electrons. The fourth-order valence-electron chi connectivity index (χ4n) is 1.31. The summed E-state index contributed by atoms with van der Waals surface area (Å²) in [7, 11) is 0.748. The first-order chi connectivity index (χ1) is 7.82. The second kappa shape index (κ2) is 5.75. The molecule has 0 radical (unpaired) electrons. The van der Waals surface area contributed by atoms with Gasteiger partial charge >= 0.3 is 0 Å². The van der Waals surface area contributed by atoms with E-state index in [0.717, 1.165) is 17.2 Å². The molecule has 6 heteroatoms. The zero-order chi connectivity index (χ0) is 13.1. The first kappa shape index (κ1) is 14.3. The highest BCUT2D eigenvalue weighted by atomic mass is 32.2. The molecule has 0 heterocycles. The number of hydrogen-bond donors (Lipinski definition) is 1. The highest BCUT2D eigenvalue weighted by Gasteiger charge is 2.14. The maximum absolute atomic E-state index is 11.5. The normalized spacial score (nSPS) is 12.0. The molecule has 0 aliphatic carbocycles. The van der Waals surface area contributed by atoms with Gasteiger partial charge in [-0.25, -0.2) is 8.42 Å². The van der Waals surface area contributed by atoms with Gasteiger partial charge in [0.15, 0.2) is 9.84 Å². The Balaban J connectivity index is 2.88. The summed E-state index contributed by atoms with van der Waals surface area (Å²) in [5.74, 6) is 0.879. The highest BCUT2D eigenvalue weighted by molar-refractivity contribution is 7.99. The van der Waals surface area contributed by atoms with Gasteiger partial charge in [-0.2, -0.15) is 0 Å². The number of thioether (sulfide) groups is 1. The van der Waals surface area contributed by atoms with E-state index in [1.165, 1.54) is 6.26 Å². The van der Waals surface area contributed by atoms with Crippen molar-refractivity contribution in [1.82, 2.24) is 4.90 Å². The van der Waals surface area contributed by atoms with Crippen LogP contribution in [0.25, 0.3) is 0 Å². The van der Waals surface area contributed by atoms with E-state index in [0.29, 0.717) is 5.69 Å². The first-order valence-corrected chi connectivity index (χ1v) is 8.06. The first-order valence-electron chi connectivity index (χ1n) is 5.18. The lowest BCUT2D eigenvalue weighted by atomic mass is 10.3. The van der Waals surface area contributed by atoms with E-state index in [9.17, 15) is 8.42 Å². The highest BCUT2D eigenvalue weighted by Crippen LogP contribution is 2.30. The zero-order valence-electron chi connectivity index (χ0n) is 10.3. The van der Waals surface area contributed by atoms with Crippen molar-refractivity contribution in [2.24, 2.45) is 0 Å². The van der Waals surface area contributed by atoms with Gasteiger partial charge in [0.1, 0.15) is 0 Å². The number of rotatable bonds is 5. The molecule has 0 unspecified atom stereocenters. The van der Waals surface area contributed by atoms with Crippen LogP contribution < -0.4 is 5.73 Å². The maximum Gasteiger partial charge on any atom is 0.177 e. The number of nitrogen functional groups attached to an aromatic ring is 1. The van der Waals surface area contributed by atoms with Crippen molar-refractivity contribution in [2.75, 3.05) is 38.4 Å². The third-order valence-corrected chi connectivity index (χ3v) is 4.43. The molecule has 0 aliphatic heterocycles. The van der Waals surface area contributed by atoms with Crippen molar-refractivity contribution in [1.29, 1.82) is 0 Å². The minimum atomic E-state index is -3.25. The van der Waals surface area contributed by atoms with Crippen molar-refractivity contribution in [3.63, 3.8) is 0 Å². The number of sulfone groups is 1. The van der Waals surface area contributed by atoms with Gasteiger partial charge in [0, 0.05) is 23.4 Å². The number of hydrogen-bond acceptors (Lipinski definition) is 5. The molecule has 0 fully saturated rings. The molecule has 0 aromatic heterocycles. The second-order valence-electron chi connectivity index (χ2n) is 4.09. The molecule has 0 bridgehead atoms. The van der Waals surface area contributed by atoms with Gasteiger partial charge in [-0.1, -0.05) is 6.07 Å². The van der Waals surface area contributed by atoms with Gasteiger partial charge in [0.05, 0.1) is 10.6 Å². The third-order valence-electron chi connectivity index (χ3n) is 2.22. The van der Waals surface area contributed by atoms with Gasteiger partial charge in [0.25, 0.3) is 0 Å². The van der Waals surface area contributed by atoms with E-state index in [1.54, 1.807) is 23.9 Å². The van der Waals surface area contributed by atoms with Crippen molar-refractivity contribution in [3.8, 4) is 0 Å². The fraction of sp³-hybridized carbons (Fsp3) is 0.455. The van der Waals surface area contributed by atoms with E-state index >= 15 is 0 Å². The van der Waals surface area contributed by atoms with Crippen LogP contribution in [0, 0.1) is 0 Å². The smallest absolute Gasteiger partial charge is 0.177 e. The summed E-state index contributed by atoms with van der Waals surface area (Å²) in [5, 5.41) is 0. The van der Waals surface area contributed by atoms with Gasteiger partial charge in [-0.3, -0.25) is 0 Å². The lowest BCUT2D eigenvalue weighted by Gasteiger charge is -2.11. The molecular weight excluding hydrogens is 256 g/mol.